The van der Waals surface area contributed by atoms with Crippen molar-refractivity contribution in [2.75, 3.05) is 25.5 Å². The average Bonchev–Trinajstić information content (AvgIpc) is 3.64. The number of benzene rings is 1. The van der Waals surface area contributed by atoms with Gasteiger partial charge in [0.05, 0.1) is 23.0 Å². The van der Waals surface area contributed by atoms with Crippen molar-refractivity contribution in [3.8, 4) is 0 Å². The van der Waals surface area contributed by atoms with E-state index < -0.39 is 24.0 Å². The van der Waals surface area contributed by atoms with E-state index in [2.05, 4.69) is 22.2 Å². The molecule has 2 N–H and O–H groups in total. The molecule has 0 spiro atoms. The first kappa shape index (κ1) is 25.2. The number of hydrogen-bond acceptors (Lipinski definition) is 4. The molecular formula is C26H30F4N4O. The fourth-order valence-corrected chi connectivity index (χ4v) is 4.27. The van der Waals surface area contributed by atoms with E-state index in [0.29, 0.717) is 29.7 Å². The van der Waals surface area contributed by atoms with E-state index >= 15 is 0 Å². The fraction of sp³-hybridized carbons (Fsp3) is 0.462. The van der Waals surface area contributed by atoms with E-state index in [4.69, 9.17) is 0 Å². The second-order valence-corrected chi connectivity index (χ2v) is 9.52. The normalized spacial score (nSPS) is 22.3. The quantitative estimate of drug-likeness (QED) is 0.525. The van der Waals surface area contributed by atoms with Gasteiger partial charge >= 0.3 is 6.18 Å². The highest BCUT2D eigenvalue weighted by Gasteiger charge is 2.35. The van der Waals surface area contributed by atoms with Gasteiger partial charge in [-0.1, -0.05) is 24.8 Å². The van der Waals surface area contributed by atoms with Crippen molar-refractivity contribution < 1.29 is 22.4 Å². The van der Waals surface area contributed by atoms with E-state index in [-0.39, 0.29) is 28.9 Å². The van der Waals surface area contributed by atoms with E-state index in [0.717, 1.165) is 19.4 Å². The first-order valence-electron chi connectivity index (χ1n) is 11.8. The fourth-order valence-electron chi connectivity index (χ4n) is 4.27. The van der Waals surface area contributed by atoms with Crippen LogP contribution in [0.15, 0.2) is 36.9 Å². The third-order valence-electron chi connectivity index (χ3n) is 6.48. The molecule has 4 rings (SSSR count). The second kappa shape index (κ2) is 9.97. The Morgan fingerprint density at radius 2 is 2.00 bits per heavy atom. The van der Waals surface area contributed by atoms with Gasteiger partial charge in [-0.05, 0) is 51.4 Å². The minimum atomic E-state index is -4.66. The number of fused-ring (bicyclic) bond motifs is 1. The number of anilines is 1. The van der Waals surface area contributed by atoms with E-state index in [1.807, 2.05) is 11.9 Å². The standard InChI is InChI=1S/C26H30F4N4O/c1-15(31-25(35)17-8-9-17)7-10-18-13-20-19(24(32-18)16(2)26(28,29)30)5-4-6-22(20)33-23-11-12-34(3)14-21(23)27/h4-7,10,13,15,17,21,23,33H,2,8-9,11-12,14H2,1,3H3,(H,31,35)/b10-7+/t15?,21-,23+/m0/s1. The maximum atomic E-state index is 14.7. The van der Waals surface area contributed by atoms with Crippen LogP contribution in [0.2, 0.25) is 0 Å². The first-order valence-corrected chi connectivity index (χ1v) is 11.8. The van der Waals surface area contributed by atoms with Crippen LogP contribution >= 0.6 is 0 Å². The summed E-state index contributed by atoms with van der Waals surface area (Å²) >= 11 is 0. The summed E-state index contributed by atoms with van der Waals surface area (Å²) in [6, 6.07) is 5.85. The van der Waals surface area contributed by atoms with Gasteiger partial charge in [-0.3, -0.25) is 4.79 Å². The lowest BCUT2D eigenvalue weighted by Crippen LogP contribution is -2.46. The van der Waals surface area contributed by atoms with Crippen molar-refractivity contribution in [2.24, 2.45) is 5.92 Å². The van der Waals surface area contributed by atoms with Gasteiger partial charge in [0, 0.05) is 41.5 Å². The summed E-state index contributed by atoms with van der Waals surface area (Å²) in [5.74, 6) is 0.0315. The van der Waals surface area contributed by atoms with Crippen molar-refractivity contribution in [3.63, 3.8) is 0 Å². The maximum Gasteiger partial charge on any atom is 0.417 e. The maximum absolute atomic E-state index is 14.7. The summed E-state index contributed by atoms with van der Waals surface area (Å²) in [5.41, 5.74) is -0.483. The number of alkyl halides is 4. The van der Waals surface area contributed by atoms with E-state index in [1.54, 1.807) is 43.3 Å². The number of carbonyl (C=O) groups is 1. The Morgan fingerprint density at radius 1 is 1.26 bits per heavy atom. The van der Waals surface area contributed by atoms with Gasteiger partial charge in [0.2, 0.25) is 5.91 Å². The molecule has 1 saturated carbocycles. The number of nitrogens with one attached hydrogen (secondary N) is 2. The topological polar surface area (TPSA) is 57.3 Å². The van der Waals surface area contributed by atoms with Gasteiger partial charge < -0.3 is 15.5 Å². The molecule has 1 saturated heterocycles. The molecule has 1 aliphatic carbocycles. The molecule has 1 unspecified atom stereocenters. The van der Waals surface area contributed by atoms with Gasteiger partial charge in [-0.15, -0.1) is 0 Å². The number of pyridine rings is 1. The van der Waals surface area contributed by atoms with Gasteiger partial charge in [0.1, 0.15) is 6.17 Å². The van der Waals surface area contributed by atoms with Crippen LogP contribution in [0, 0.1) is 5.92 Å². The number of allylic oxidation sites excluding steroid dienone is 1. The number of aromatic nitrogens is 1. The van der Waals surface area contributed by atoms with Crippen molar-refractivity contribution in [3.05, 3.63) is 48.3 Å². The highest BCUT2D eigenvalue weighted by molar-refractivity contribution is 6.00. The molecule has 2 fully saturated rings. The van der Waals surface area contributed by atoms with Crippen LogP contribution in [0.4, 0.5) is 23.2 Å². The SMILES string of the molecule is C=C(c1nc(/C=C/C(C)NC(=O)C2CC2)cc2c(N[C@@H]3CCN(C)C[C@@H]3F)cccc12)C(F)(F)F. The predicted molar refractivity (Wildman–Crippen MR) is 131 cm³/mol. The number of nitrogens with zero attached hydrogens (tertiary/aromatic N) is 2. The summed E-state index contributed by atoms with van der Waals surface area (Å²) in [6.07, 6.45) is -0.144. The van der Waals surface area contributed by atoms with Crippen LogP contribution in [0.5, 0.6) is 0 Å². The number of carbonyl (C=O) groups excluding carboxylic acids is 1. The molecule has 188 valence electrons. The zero-order valence-corrected chi connectivity index (χ0v) is 19.8. The smallest absolute Gasteiger partial charge is 0.379 e. The van der Waals surface area contributed by atoms with Crippen LogP contribution in [0.1, 0.15) is 37.6 Å². The molecule has 5 nitrogen and oxygen atoms in total. The lowest BCUT2D eigenvalue weighted by atomic mass is 9.99. The number of likely N-dealkylation sites (tertiary alicyclic amines) is 1. The molecular weight excluding hydrogens is 460 g/mol. The zero-order chi connectivity index (χ0) is 25.3. The minimum absolute atomic E-state index is 0.0230. The first-order chi connectivity index (χ1) is 16.5. The summed E-state index contributed by atoms with van der Waals surface area (Å²) in [5, 5.41) is 6.88. The Morgan fingerprint density at radius 3 is 2.66 bits per heavy atom. The van der Waals surface area contributed by atoms with Crippen LogP contribution < -0.4 is 10.6 Å². The largest absolute Gasteiger partial charge is 0.417 e. The van der Waals surface area contributed by atoms with Crippen LogP contribution in [0.3, 0.4) is 0 Å². The summed E-state index contributed by atoms with van der Waals surface area (Å²) < 4.78 is 55.5. The molecule has 1 aromatic carbocycles. The number of hydrogen-bond donors (Lipinski definition) is 2. The van der Waals surface area contributed by atoms with Crippen LogP contribution in [-0.2, 0) is 4.79 Å². The van der Waals surface area contributed by atoms with Gasteiger partial charge in [-0.25, -0.2) is 9.37 Å². The summed E-state index contributed by atoms with van der Waals surface area (Å²) in [4.78, 5) is 18.2. The van der Waals surface area contributed by atoms with Crippen molar-refractivity contribution in [1.82, 2.24) is 15.2 Å². The monoisotopic (exact) mass is 490 g/mol. The highest BCUT2D eigenvalue weighted by Crippen LogP contribution is 2.37. The molecule has 35 heavy (non-hydrogen) atoms. The lowest BCUT2D eigenvalue weighted by molar-refractivity contribution is -0.122. The minimum Gasteiger partial charge on any atom is -0.379 e. The van der Waals surface area contributed by atoms with Gasteiger partial charge in [0.25, 0.3) is 0 Å². The van der Waals surface area contributed by atoms with Gasteiger partial charge in [-0.2, -0.15) is 13.2 Å². The molecule has 2 aliphatic rings. The predicted octanol–water partition coefficient (Wildman–Crippen LogP) is 5.19. The second-order valence-electron chi connectivity index (χ2n) is 9.52. The molecule has 1 aromatic heterocycles. The summed E-state index contributed by atoms with van der Waals surface area (Å²) in [6.45, 7) is 6.06. The van der Waals surface area contributed by atoms with Crippen molar-refractivity contribution in [1.29, 1.82) is 0 Å². The average molecular weight is 491 g/mol. The zero-order valence-electron chi connectivity index (χ0n) is 19.8. The molecule has 1 amide bonds. The molecule has 0 radical (unpaired) electrons. The van der Waals surface area contributed by atoms with Gasteiger partial charge in [0.15, 0.2) is 0 Å². The Bertz CT molecular complexity index is 1140. The lowest BCUT2D eigenvalue weighted by Gasteiger charge is -2.33. The van der Waals surface area contributed by atoms with Crippen LogP contribution in [0.25, 0.3) is 22.4 Å². The third kappa shape index (κ3) is 6.01. The van der Waals surface area contributed by atoms with Crippen molar-refractivity contribution >= 4 is 34.0 Å². The molecule has 2 aromatic rings. The molecule has 2 heterocycles. The Kier molecular flexibility index (Phi) is 7.17. The Hall–Kier alpha value is -2.94. The van der Waals surface area contributed by atoms with E-state index in [1.165, 1.54) is 0 Å². The third-order valence-corrected chi connectivity index (χ3v) is 6.48. The highest BCUT2D eigenvalue weighted by atomic mass is 19.4. The number of piperidine rings is 1. The number of amides is 1. The number of halogens is 4. The molecule has 0 bridgehead atoms. The molecule has 9 heteroatoms. The summed E-state index contributed by atoms with van der Waals surface area (Å²) in [7, 11) is 1.86. The van der Waals surface area contributed by atoms with Crippen LogP contribution in [-0.4, -0.2) is 60.4 Å². The molecule has 1 aliphatic heterocycles. The Balaban J connectivity index is 1.69. The Labute approximate surface area is 202 Å². The van der Waals surface area contributed by atoms with E-state index in [9.17, 15) is 22.4 Å². The molecule has 3 atom stereocenters. The number of rotatable bonds is 7. The van der Waals surface area contributed by atoms with Crippen molar-refractivity contribution in [2.45, 2.75) is 50.6 Å².